The lowest BCUT2D eigenvalue weighted by atomic mass is 10.3. The summed E-state index contributed by atoms with van der Waals surface area (Å²) in [6, 6.07) is 17.1. The van der Waals surface area contributed by atoms with Gasteiger partial charge >= 0.3 is 12.1 Å². The first-order valence-electron chi connectivity index (χ1n) is 7.27. The molecule has 1 N–H and O–H groups in total. The number of nitrogens with one attached hydrogen (secondary N) is 1. The number of carbonyl (C=O) groups excluding carboxylic acids is 2. The Kier molecular flexibility index (Phi) is 6.45. The average Bonchev–Trinajstić information content (AvgIpc) is 2.57. The third kappa shape index (κ3) is 5.17. The molecule has 0 radical (unpaired) electrons. The number of carbonyl (C=O) groups is 2. The minimum atomic E-state index is -0.797. The van der Waals surface area contributed by atoms with E-state index in [2.05, 4.69) is 11.9 Å². The predicted octanol–water partition coefficient (Wildman–Crippen LogP) is 4.46. The SMILES string of the molecule is C=C(OC(=O)Nc1ccccc1Sc1ccccc1)C(=O)OCC. The van der Waals surface area contributed by atoms with E-state index >= 15 is 0 Å². The normalized spacial score (nSPS) is 9.88. The van der Waals surface area contributed by atoms with Gasteiger partial charge in [-0.15, -0.1) is 0 Å². The fourth-order valence-electron chi connectivity index (χ4n) is 1.78. The highest BCUT2D eigenvalue weighted by atomic mass is 32.2. The van der Waals surface area contributed by atoms with Crippen molar-refractivity contribution in [3.63, 3.8) is 0 Å². The van der Waals surface area contributed by atoms with E-state index in [1.54, 1.807) is 19.1 Å². The zero-order valence-corrected chi connectivity index (χ0v) is 14.0. The Hall–Kier alpha value is -2.73. The molecule has 2 aromatic carbocycles. The second-order valence-electron chi connectivity index (χ2n) is 4.57. The smallest absolute Gasteiger partial charge is 0.417 e. The quantitative estimate of drug-likeness (QED) is 0.476. The monoisotopic (exact) mass is 343 g/mol. The molecule has 0 unspecified atom stereocenters. The molecule has 0 saturated heterocycles. The molecule has 0 heterocycles. The van der Waals surface area contributed by atoms with Crippen molar-refractivity contribution in [3.8, 4) is 0 Å². The fraction of sp³-hybridized carbons (Fsp3) is 0.111. The number of anilines is 1. The van der Waals surface area contributed by atoms with Crippen LogP contribution in [0.15, 0.2) is 76.7 Å². The van der Waals surface area contributed by atoms with Gasteiger partial charge in [0.15, 0.2) is 0 Å². The zero-order chi connectivity index (χ0) is 17.4. The van der Waals surface area contributed by atoms with Crippen molar-refractivity contribution in [2.45, 2.75) is 16.7 Å². The van der Waals surface area contributed by atoms with Crippen LogP contribution in [0.3, 0.4) is 0 Å². The van der Waals surface area contributed by atoms with Gasteiger partial charge in [-0.3, -0.25) is 5.32 Å². The standard InChI is InChI=1S/C18H17NO4S/c1-3-22-17(20)13(2)23-18(21)19-15-11-7-8-12-16(15)24-14-9-5-4-6-10-14/h4-12H,2-3H2,1H3,(H,19,21). The highest BCUT2D eigenvalue weighted by Gasteiger charge is 2.15. The third-order valence-corrected chi connectivity index (χ3v) is 3.90. The van der Waals surface area contributed by atoms with Crippen LogP contribution >= 0.6 is 11.8 Å². The van der Waals surface area contributed by atoms with Crippen molar-refractivity contribution >= 4 is 29.5 Å². The highest BCUT2D eigenvalue weighted by molar-refractivity contribution is 7.99. The molecule has 0 aromatic heterocycles. The number of hydrogen-bond acceptors (Lipinski definition) is 5. The van der Waals surface area contributed by atoms with E-state index in [0.29, 0.717) is 5.69 Å². The van der Waals surface area contributed by atoms with E-state index in [9.17, 15) is 9.59 Å². The van der Waals surface area contributed by atoms with Crippen LogP contribution in [0, 0.1) is 0 Å². The zero-order valence-electron chi connectivity index (χ0n) is 13.2. The highest BCUT2D eigenvalue weighted by Crippen LogP contribution is 2.33. The summed E-state index contributed by atoms with van der Waals surface area (Å²) in [6.45, 7) is 5.22. The second kappa shape index (κ2) is 8.79. The van der Waals surface area contributed by atoms with Crippen LogP contribution in [0.5, 0.6) is 0 Å². The summed E-state index contributed by atoms with van der Waals surface area (Å²) in [5, 5.41) is 2.61. The Morgan fingerprint density at radius 3 is 2.46 bits per heavy atom. The van der Waals surface area contributed by atoms with Crippen molar-refractivity contribution in [2.24, 2.45) is 0 Å². The maximum atomic E-state index is 11.9. The van der Waals surface area contributed by atoms with Crippen molar-refractivity contribution < 1.29 is 19.1 Å². The van der Waals surface area contributed by atoms with E-state index in [0.717, 1.165) is 9.79 Å². The molecule has 0 fully saturated rings. The van der Waals surface area contributed by atoms with Crippen LogP contribution in [0.25, 0.3) is 0 Å². The lowest BCUT2D eigenvalue weighted by Gasteiger charge is -2.11. The van der Waals surface area contributed by atoms with Gasteiger partial charge in [0, 0.05) is 9.79 Å². The van der Waals surface area contributed by atoms with Gasteiger partial charge < -0.3 is 9.47 Å². The molecule has 0 spiro atoms. The molecular weight excluding hydrogens is 326 g/mol. The summed E-state index contributed by atoms with van der Waals surface area (Å²) in [5.41, 5.74) is 0.577. The van der Waals surface area contributed by atoms with E-state index in [1.165, 1.54) is 11.8 Å². The minimum absolute atomic E-state index is 0.180. The summed E-state index contributed by atoms with van der Waals surface area (Å²) in [5.74, 6) is -1.12. The van der Waals surface area contributed by atoms with Crippen LogP contribution in [0.4, 0.5) is 10.5 Å². The van der Waals surface area contributed by atoms with Crippen LogP contribution in [0.1, 0.15) is 6.92 Å². The summed E-state index contributed by atoms with van der Waals surface area (Å²) in [7, 11) is 0. The van der Waals surface area contributed by atoms with Gasteiger partial charge in [-0.1, -0.05) is 42.1 Å². The molecule has 0 saturated carbocycles. The van der Waals surface area contributed by atoms with Gasteiger partial charge in [0.2, 0.25) is 5.76 Å². The third-order valence-electron chi connectivity index (χ3n) is 2.81. The molecule has 124 valence electrons. The van der Waals surface area contributed by atoms with E-state index in [4.69, 9.17) is 9.47 Å². The van der Waals surface area contributed by atoms with Crippen LogP contribution in [-0.4, -0.2) is 18.7 Å². The molecule has 0 bridgehead atoms. The molecule has 0 atom stereocenters. The van der Waals surface area contributed by atoms with Crippen LogP contribution in [-0.2, 0) is 14.3 Å². The average molecular weight is 343 g/mol. The number of hydrogen-bond donors (Lipinski definition) is 1. The number of ether oxygens (including phenoxy) is 2. The van der Waals surface area contributed by atoms with Crippen molar-refractivity contribution in [2.75, 3.05) is 11.9 Å². The Morgan fingerprint density at radius 2 is 1.75 bits per heavy atom. The van der Waals surface area contributed by atoms with Gasteiger partial charge in [-0.05, 0) is 37.8 Å². The van der Waals surface area contributed by atoms with Crippen molar-refractivity contribution in [1.82, 2.24) is 0 Å². The summed E-state index contributed by atoms with van der Waals surface area (Å²) < 4.78 is 9.56. The minimum Gasteiger partial charge on any atom is -0.460 e. The largest absolute Gasteiger partial charge is 0.460 e. The first-order valence-corrected chi connectivity index (χ1v) is 8.08. The number of rotatable bonds is 6. The molecule has 6 heteroatoms. The van der Waals surface area contributed by atoms with Gasteiger partial charge in [0.1, 0.15) is 0 Å². The van der Waals surface area contributed by atoms with Crippen LogP contribution in [0.2, 0.25) is 0 Å². The Labute approximate surface area is 144 Å². The fourth-order valence-corrected chi connectivity index (χ4v) is 2.70. The van der Waals surface area contributed by atoms with Gasteiger partial charge in [0.05, 0.1) is 12.3 Å². The van der Waals surface area contributed by atoms with Gasteiger partial charge in [0.25, 0.3) is 0 Å². The molecular formula is C18H17NO4S. The molecule has 0 aliphatic carbocycles. The maximum Gasteiger partial charge on any atom is 0.417 e. The summed E-state index contributed by atoms with van der Waals surface area (Å²) >= 11 is 1.51. The molecule has 1 amide bonds. The van der Waals surface area contributed by atoms with E-state index < -0.39 is 12.1 Å². The molecule has 5 nitrogen and oxygen atoms in total. The first-order chi connectivity index (χ1) is 11.6. The summed E-state index contributed by atoms with van der Waals surface area (Å²) in [6.07, 6.45) is -0.797. The molecule has 2 rings (SSSR count). The first kappa shape index (κ1) is 17.6. The van der Waals surface area contributed by atoms with Gasteiger partial charge in [-0.25, -0.2) is 9.59 Å². The maximum absolute atomic E-state index is 11.9. The molecule has 0 aliphatic heterocycles. The lowest BCUT2D eigenvalue weighted by molar-refractivity contribution is -0.141. The van der Waals surface area contributed by atoms with Crippen molar-refractivity contribution in [3.05, 3.63) is 66.9 Å². The second-order valence-corrected chi connectivity index (χ2v) is 5.68. The molecule has 24 heavy (non-hydrogen) atoms. The van der Waals surface area contributed by atoms with Gasteiger partial charge in [-0.2, -0.15) is 0 Å². The van der Waals surface area contributed by atoms with Crippen LogP contribution < -0.4 is 5.32 Å². The Bertz CT molecular complexity index is 731. The predicted molar refractivity (Wildman–Crippen MR) is 92.9 cm³/mol. The Morgan fingerprint density at radius 1 is 1.08 bits per heavy atom. The number of para-hydroxylation sites is 1. The topological polar surface area (TPSA) is 64.6 Å². The number of esters is 1. The van der Waals surface area contributed by atoms with E-state index in [-0.39, 0.29) is 12.4 Å². The van der Waals surface area contributed by atoms with Crippen molar-refractivity contribution in [1.29, 1.82) is 0 Å². The van der Waals surface area contributed by atoms with E-state index in [1.807, 2.05) is 42.5 Å². The molecule has 0 aliphatic rings. The summed E-state index contributed by atoms with van der Waals surface area (Å²) in [4.78, 5) is 25.2. The lowest BCUT2D eigenvalue weighted by Crippen LogP contribution is -2.18. The molecule has 2 aromatic rings. The number of amides is 1. The number of benzene rings is 2. The Balaban J connectivity index is 2.03.